The molecule has 2 rings (SSSR count). The molecule has 1 aliphatic rings. The van der Waals surface area contributed by atoms with Crippen molar-refractivity contribution in [2.75, 3.05) is 6.54 Å². The van der Waals surface area contributed by atoms with Gasteiger partial charge in [-0.2, -0.15) is 0 Å². The number of likely N-dealkylation sites (tertiary alicyclic amines) is 1. The summed E-state index contributed by atoms with van der Waals surface area (Å²) in [5, 5.41) is 0.310. The zero-order valence-corrected chi connectivity index (χ0v) is 9.94. The molecule has 1 aromatic heterocycles. The number of nitrogens with zero attached hydrogens (tertiary/aromatic N) is 3. The third kappa shape index (κ3) is 2.16. The molecule has 0 bridgehead atoms. The Hall–Kier alpha value is -1.16. The molecule has 0 radical (unpaired) electrons. The largest absolute Gasteiger partial charge is 0.334 e. The minimum Gasteiger partial charge on any atom is -0.334 e. The Morgan fingerprint density at radius 3 is 3.00 bits per heavy atom. The van der Waals surface area contributed by atoms with Crippen LogP contribution in [0.2, 0.25) is 5.15 Å². The van der Waals surface area contributed by atoms with Gasteiger partial charge in [0.15, 0.2) is 0 Å². The smallest absolute Gasteiger partial charge is 0.274 e. The summed E-state index contributed by atoms with van der Waals surface area (Å²) in [5.41, 5.74) is 0.379. The van der Waals surface area contributed by atoms with Gasteiger partial charge < -0.3 is 4.90 Å². The third-order valence-electron chi connectivity index (χ3n) is 2.95. The van der Waals surface area contributed by atoms with Gasteiger partial charge in [-0.1, -0.05) is 18.5 Å². The van der Waals surface area contributed by atoms with E-state index in [1.54, 1.807) is 0 Å². The van der Waals surface area contributed by atoms with Crippen LogP contribution in [-0.4, -0.2) is 33.4 Å². The number of carbonyl (C=O) groups is 1. The van der Waals surface area contributed by atoms with Gasteiger partial charge in [-0.25, -0.2) is 9.97 Å². The third-order valence-corrected chi connectivity index (χ3v) is 3.14. The molecule has 2 heterocycles. The van der Waals surface area contributed by atoms with E-state index in [0.717, 1.165) is 25.8 Å². The van der Waals surface area contributed by atoms with E-state index in [1.165, 1.54) is 12.4 Å². The molecular weight excluding hydrogens is 226 g/mol. The van der Waals surface area contributed by atoms with Crippen LogP contribution in [0.3, 0.4) is 0 Å². The predicted octanol–water partition coefficient (Wildman–Crippen LogP) is 2.14. The molecule has 16 heavy (non-hydrogen) atoms. The molecule has 1 saturated heterocycles. The fraction of sp³-hybridized carbons (Fsp3) is 0.545. The molecule has 1 fully saturated rings. The Labute approximate surface area is 99.6 Å². The Bertz CT molecular complexity index is 379. The van der Waals surface area contributed by atoms with Crippen LogP contribution in [-0.2, 0) is 0 Å². The molecule has 1 aliphatic heterocycles. The van der Waals surface area contributed by atoms with Crippen LogP contribution in [0.5, 0.6) is 0 Å². The van der Waals surface area contributed by atoms with Crippen molar-refractivity contribution < 1.29 is 4.79 Å². The Balaban J connectivity index is 2.15. The lowest BCUT2D eigenvalue weighted by Crippen LogP contribution is -2.35. The van der Waals surface area contributed by atoms with Gasteiger partial charge in [0.25, 0.3) is 5.91 Å². The van der Waals surface area contributed by atoms with Crippen molar-refractivity contribution >= 4 is 17.5 Å². The number of halogens is 1. The molecule has 0 N–H and O–H groups in total. The predicted molar refractivity (Wildman–Crippen MR) is 61.4 cm³/mol. The van der Waals surface area contributed by atoms with Gasteiger partial charge >= 0.3 is 0 Å². The standard InChI is InChI=1S/C11H14ClN3O/c1-2-8-4-3-5-15(8)11(16)9-6-14-10(12)7-13-9/h6-8H,2-5H2,1H3. The molecule has 0 aromatic carbocycles. The number of rotatable bonds is 2. The second-order valence-corrected chi connectivity index (χ2v) is 4.31. The molecule has 0 saturated carbocycles. The van der Waals surface area contributed by atoms with Gasteiger partial charge in [-0.15, -0.1) is 0 Å². The first kappa shape index (κ1) is 11.3. The highest BCUT2D eigenvalue weighted by Gasteiger charge is 2.28. The average molecular weight is 240 g/mol. The Kier molecular flexibility index (Phi) is 3.39. The molecule has 5 heteroatoms. The summed E-state index contributed by atoms with van der Waals surface area (Å²) in [7, 11) is 0. The number of carbonyl (C=O) groups excluding carboxylic acids is 1. The molecule has 1 atom stereocenters. The van der Waals surface area contributed by atoms with Crippen molar-refractivity contribution in [3.05, 3.63) is 23.2 Å². The lowest BCUT2D eigenvalue weighted by molar-refractivity contribution is 0.0727. The van der Waals surface area contributed by atoms with Crippen LogP contribution >= 0.6 is 11.6 Å². The van der Waals surface area contributed by atoms with Gasteiger partial charge in [0.2, 0.25) is 0 Å². The van der Waals surface area contributed by atoms with E-state index >= 15 is 0 Å². The van der Waals surface area contributed by atoms with Crippen LogP contribution in [0.1, 0.15) is 36.7 Å². The lowest BCUT2D eigenvalue weighted by atomic mass is 10.1. The molecule has 1 amide bonds. The van der Waals surface area contributed by atoms with Crippen LogP contribution in [0.4, 0.5) is 0 Å². The monoisotopic (exact) mass is 239 g/mol. The second kappa shape index (κ2) is 4.78. The minimum atomic E-state index is -0.0338. The SMILES string of the molecule is CCC1CCCN1C(=O)c1cnc(Cl)cn1. The molecule has 0 spiro atoms. The number of hydrogen-bond donors (Lipinski definition) is 0. The molecule has 0 aliphatic carbocycles. The number of hydrogen-bond acceptors (Lipinski definition) is 3. The molecule has 4 nitrogen and oxygen atoms in total. The van der Waals surface area contributed by atoms with Crippen molar-refractivity contribution in [2.45, 2.75) is 32.2 Å². The van der Waals surface area contributed by atoms with Gasteiger partial charge in [0, 0.05) is 12.6 Å². The highest BCUT2D eigenvalue weighted by molar-refractivity contribution is 6.29. The highest BCUT2D eigenvalue weighted by atomic mass is 35.5. The molecule has 1 unspecified atom stereocenters. The summed E-state index contributed by atoms with van der Waals surface area (Å²) in [5.74, 6) is -0.0338. The van der Waals surface area contributed by atoms with E-state index in [9.17, 15) is 4.79 Å². The van der Waals surface area contributed by atoms with Crippen LogP contribution in [0, 0.1) is 0 Å². The van der Waals surface area contributed by atoms with Crippen molar-refractivity contribution in [1.82, 2.24) is 14.9 Å². The molecule has 86 valence electrons. The summed E-state index contributed by atoms with van der Waals surface area (Å²) in [6, 6.07) is 0.352. The topological polar surface area (TPSA) is 46.1 Å². The normalized spacial score (nSPS) is 20.1. The maximum atomic E-state index is 12.1. The van der Waals surface area contributed by atoms with E-state index in [1.807, 2.05) is 4.90 Å². The molecule has 1 aromatic rings. The van der Waals surface area contributed by atoms with Gasteiger partial charge in [-0.3, -0.25) is 4.79 Å². The quantitative estimate of drug-likeness (QED) is 0.795. The van der Waals surface area contributed by atoms with Gasteiger partial charge in [-0.05, 0) is 19.3 Å². The number of amides is 1. The summed E-state index contributed by atoms with van der Waals surface area (Å²) < 4.78 is 0. The van der Waals surface area contributed by atoms with Crippen molar-refractivity contribution in [3.8, 4) is 0 Å². The zero-order valence-electron chi connectivity index (χ0n) is 9.19. The van der Waals surface area contributed by atoms with E-state index in [0.29, 0.717) is 16.9 Å². The van der Waals surface area contributed by atoms with Crippen LogP contribution in [0.15, 0.2) is 12.4 Å². The van der Waals surface area contributed by atoms with Crippen molar-refractivity contribution in [3.63, 3.8) is 0 Å². The fourth-order valence-corrected chi connectivity index (χ4v) is 2.19. The van der Waals surface area contributed by atoms with E-state index in [-0.39, 0.29) is 5.91 Å². The zero-order chi connectivity index (χ0) is 11.5. The summed E-state index contributed by atoms with van der Waals surface area (Å²) >= 11 is 5.63. The lowest BCUT2D eigenvalue weighted by Gasteiger charge is -2.22. The Morgan fingerprint density at radius 1 is 1.56 bits per heavy atom. The van der Waals surface area contributed by atoms with E-state index in [2.05, 4.69) is 16.9 Å². The molecular formula is C11H14ClN3O. The van der Waals surface area contributed by atoms with Gasteiger partial charge in [0.05, 0.1) is 12.4 Å². The average Bonchev–Trinajstić information content (AvgIpc) is 2.77. The minimum absolute atomic E-state index is 0.0338. The summed E-state index contributed by atoms with van der Waals surface area (Å²) in [6.07, 6.45) is 6.00. The van der Waals surface area contributed by atoms with E-state index < -0.39 is 0 Å². The second-order valence-electron chi connectivity index (χ2n) is 3.93. The van der Waals surface area contributed by atoms with E-state index in [4.69, 9.17) is 11.6 Å². The van der Waals surface area contributed by atoms with Gasteiger partial charge in [0.1, 0.15) is 10.8 Å². The Morgan fingerprint density at radius 2 is 2.38 bits per heavy atom. The van der Waals surface area contributed by atoms with Crippen LogP contribution < -0.4 is 0 Å². The highest BCUT2D eigenvalue weighted by Crippen LogP contribution is 2.21. The summed E-state index contributed by atoms with van der Waals surface area (Å²) in [6.45, 7) is 2.92. The number of aromatic nitrogens is 2. The van der Waals surface area contributed by atoms with Crippen molar-refractivity contribution in [1.29, 1.82) is 0 Å². The fourth-order valence-electron chi connectivity index (χ4n) is 2.10. The van der Waals surface area contributed by atoms with Crippen molar-refractivity contribution in [2.24, 2.45) is 0 Å². The first-order valence-electron chi connectivity index (χ1n) is 5.51. The first-order valence-corrected chi connectivity index (χ1v) is 5.88. The first-order chi connectivity index (χ1) is 7.72. The van der Waals surface area contributed by atoms with Crippen LogP contribution in [0.25, 0.3) is 0 Å². The maximum Gasteiger partial charge on any atom is 0.274 e. The summed E-state index contributed by atoms with van der Waals surface area (Å²) in [4.78, 5) is 21.9. The maximum absolute atomic E-state index is 12.1.